The molecule has 0 spiro atoms. The smallest absolute Gasteiger partial charge is 0.233 e. The molecule has 0 aromatic carbocycles. The Morgan fingerprint density at radius 3 is 2.73 bits per heavy atom. The maximum atomic E-state index is 11.6. The number of thioether (sulfide) groups is 1. The third-order valence-corrected chi connectivity index (χ3v) is 3.71. The fourth-order valence-corrected chi connectivity index (χ4v) is 2.07. The molecule has 0 aliphatic heterocycles. The summed E-state index contributed by atoms with van der Waals surface area (Å²) in [5.41, 5.74) is 5.85. The number of rotatable bonds is 3. The summed E-state index contributed by atoms with van der Waals surface area (Å²) in [5, 5.41) is 3.11. The van der Waals surface area contributed by atoms with Crippen molar-refractivity contribution in [3.05, 3.63) is 0 Å². The molecule has 1 aliphatic rings. The minimum Gasteiger partial charge on any atom is -0.352 e. The van der Waals surface area contributed by atoms with Gasteiger partial charge in [-0.05, 0) is 38.9 Å². The Labute approximate surface area is 102 Å². The minimum atomic E-state index is 0. The predicted octanol–water partition coefficient (Wildman–Crippen LogP) is 1.55. The molecule has 1 aliphatic carbocycles. The van der Waals surface area contributed by atoms with Gasteiger partial charge in [-0.3, -0.25) is 4.79 Å². The second kappa shape index (κ2) is 7.36. The molecule has 0 saturated heterocycles. The van der Waals surface area contributed by atoms with Gasteiger partial charge in [0.05, 0.1) is 5.25 Å². The number of carbonyl (C=O) groups excluding carboxylic acids is 1. The number of hydrogen-bond donors (Lipinski definition) is 2. The van der Waals surface area contributed by atoms with Crippen LogP contribution in [0.2, 0.25) is 0 Å². The van der Waals surface area contributed by atoms with Crippen LogP contribution in [0, 0.1) is 0 Å². The van der Waals surface area contributed by atoms with Gasteiger partial charge < -0.3 is 11.1 Å². The van der Waals surface area contributed by atoms with E-state index in [1.54, 1.807) is 11.8 Å². The molecule has 1 amide bonds. The van der Waals surface area contributed by atoms with E-state index in [9.17, 15) is 4.79 Å². The van der Waals surface area contributed by atoms with E-state index in [0.717, 1.165) is 25.7 Å². The van der Waals surface area contributed by atoms with E-state index in [0.29, 0.717) is 6.04 Å². The summed E-state index contributed by atoms with van der Waals surface area (Å²) in [6, 6.07) is 0.583. The fraction of sp³-hybridized carbons (Fsp3) is 0.900. The van der Waals surface area contributed by atoms with Gasteiger partial charge in [-0.25, -0.2) is 0 Å². The molecule has 3 nitrogen and oxygen atoms in total. The summed E-state index contributed by atoms with van der Waals surface area (Å²) < 4.78 is 0. The van der Waals surface area contributed by atoms with Crippen LogP contribution in [0.5, 0.6) is 0 Å². The number of nitrogens with one attached hydrogen (secondary N) is 1. The molecule has 3 N–H and O–H groups in total. The standard InChI is InChI=1S/C10H20N2OS.ClH/c1-7(14-2)10(13)12-9-5-3-4-8(11)6-9;/h7-9H,3-6,11H2,1-2H3,(H,12,13);1H. The van der Waals surface area contributed by atoms with Gasteiger partial charge in [0.1, 0.15) is 0 Å². The Hall–Kier alpha value is 0.0700. The highest BCUT2D eigenvalue weighted by molar-refractivity contribution is 7.99. The lowest BCUT2D eigenvalue weighted by Crippen LogP contribution is -2.44. The molecule has 0 aromatic heterocycles. The maximum absolute atomic E-state index is 11.6. The number of halogens is 1. The third-order valence-electron chi connectivity index (χ3n) is 2.78. The lowest BCUT2D eigenvalue weighted by atomic mass is 9.91. The first-order chi connectivity index (χ1) is 6.63. The van der Waals surface area contributed by atoms with E-state index in [1.807, 2.05) is 13.2 Å². The van der Waals surface area contributed by atoms with E-state index in [-0.39, 0.29) is 29.6 Å². The molecule has 0 heterocycles. The van der Waals surface area contributed by atoms with Crippen LogP contribution in [0.4, 0.5) is 0 Å². The summed E-state index contributed by atoms with van der Waals surface area (Å²) in [6.07, 6.45) is 6.22. The van der Waals surface area contributed by atoms with Gasteiger partial charge in [-0.1, -0.05) is 0 Å². The molecular weight excluding hydrogens is 232 g/mol. The van der Waals surface area contributed by atoms with Gasteiger partial charge in [0.2, 0.25) is 5.91 Å². The van der Waals surface area contributed by atoms with E-state index < -0.39 is 0 Å². The summed E-state index contributed by atoms with van der Waals surface area (Å²) in [5.74, 6) is 0.150. The number of nitrogens with two attached hydrogens (primary N) is 1. The summed E-state index contributed by atoms with van der Waals surface area (Å²) in [6.45, 7) is 1.93. The van der Waals surface area contributed by atoms with E-state index in [2.05, 4.69) is 5.32 Å². The quantitative estimate of drug-likeness (QED) is 0.801. The van der Waals surface area contributed by atoms with Gasteiger partial charge >= 0.3 is 0 Å². The van der Waals surface area contributed by atoms with Crippen molar-refractivity contribution in [1.82, 2.24) is 5.32 Å². The zero-order valence-corrected chi connectivity index (χ0v) is 11.0. The first-order valence-corrected chi connectivity index (χ1v) is 6.51. The molecule has 0 radical (unpaired) electrons. The third kappa shape index (κ3) is 5.09. The van der Waals surface area contributed by atoms with Crippen LogP contribution in [0.3, 0.4) is 0 Å². The fourth-order valence-electron chi connectivity index (χ4n) is 1.78. The lowest BCUT2D eigenvalue weighted by Gasteiger charge is -2.28. The molecule has 90 valence electrons. The summed E-state index contributed by atoms with van der Waals surface area (Å²) in [7, 11) is 0. The highest BCUT2D eigenvalue weighted by Crippen LogP contribution is 2.17. The van der Waals surface area contributed by atoms with Crippen molar-refractivity contribution in [2.75, 3.05) is 6.26 Å². The molecule has 0 bridgehead atoms. The van der Waals surface area contributed by atoms with Gasteiger partial charge in [0.15, 0.2) is 0 Å². The Morgan fingerprint density at radius 2 is 2.20 bits per heavy atom. The van der Waals surface area contributed by atoms with Gasteiger partial charge in [-0.2, -0.15) is 11.8 Å². The van der Waals surface area contributed by atoms with Crippen molar-refractivity contribution in [2.45, 2.75) is 49.9 Å². The number of amides is 1. The van der Waals surface area contributed by atoms with Gasteiger partial charge in [0.25, 0.3) is 0 Å². The molecule has 15 heavy (non-hydrogen) atoms. The summed E-state index contributed by atoms with van der Waals surface area (Å²) >= 11 is 1.58. The van der Waals surface area contributed by atoms with E-state index in [1.165, 1.54) is 0 Å². The molecule has 3 atom stereocenters. The number of hydrogen-bond acceptors (Lipinski definition) is 3. The SMILES string of the molecule is CSC(C)C(=O)NC1CCCC(N)C1.Cl. The topological polar surface area (TPSA) is 55.1 Å². The monoisotopic (exact) mass is 252 g/mol. The van der Waals surface area contributed by atoms with Crippen molar-refractivity contribution in [3.8, 4) is 0 Å². The molecule has 5 heteroatoms. The van der Waals surface area contributed by atoms with Crippen LogP contribution in [0.1, 0.15) is 32.6 Å². The Bertz CT molecular complexity index is 204. The van der Waals surface area contributed by atoms with Crippen molar-refractivity contribution in [1.29, 1.82) is 0 Å². The van der Waals surface area contributed by atoms with Crippen LogP contribution < -0.4 is 11.1 Å². The second-order valence-electron chi connectivity index (χ2n) is 4.01. The number of carbonyl (C=O) groups is 1. The highest BCUT2D eigenvalue weighted by Gasteiger charge is 2.22. The molecule has 1 rings (SSSR count). The normalized spacial score (nSPS) is 27.7. The van der Waals surface area contributed by atoms with E-state index >= 15 is 0 Å². The van der Waals surface area contributed by atoms with Crippen molar-refractivity contribution >= 4 is 30.1 Å². The Morgan fingerprint density at radius 1 is 1.53 bits per heavy atom. The Kier molecular flexibility index (Phi) is 7.40. The lowest BCUT2D eigenvalue weighted by molar-refractivity contribution is -0.121. The first kappa shape index (κ1) is 15.1. The molecule has 3 unspecified atom stereocenters. The molecular formula is C10H21ClN2OS. The van der Waals surface area contributed by atoms with Gasteiger partial charge in [0, 0.05) is 12.1 Å². The minimum absolute atomic E-state index is 0. The molecule has 0 aromatic rings. The second-order valence-corrected chi connectivity index (χ2v) is 5.19. The largest absolute Gasteiger partial charge is 0.352 e. The Balaban J connectivity index is 0.00000196. The first-order valence-electron chi connectivity index (χ1n) is 5.22. The van der Waals surface area contributed by atoms with Gasteiger partial charge in [-0.15, -0.1) is 12.4 Å². The predicted molar refractivity (Wildman–Crippen MR) is 68.6 cm³/mol. The van der Waals surface area contributed by atoms with Crippen LogP contribution in [0.25, 0.3) is 0 Å². The summed E-state index contributed by atoms with van der Waals surface area (Å²) in [4.78, 5) is 11.6. The van der Waals surface area contributed by atoms with Crippen LogP contribution >= 0.6 is 24.2 Å². The molecule has 1 fully saturated rings. The average molecular weight is 253 g/mol. The van der Waals surface area contributed by atoms with Crippen molar-refractivity contribution in [3.63, 3.8) is 0 Å². The molecule has 1 saturated carbocycles. The van der Waals surface area contributed by atoms with Crippen LogP contribution in [0.15, 0.2) is 0 Å². The van der Waals surface area contributed by atoms with Crippen LogP contribution in [-0.4, -0.2) is 29.5 Å². The zero-order chi connectivity index (χ0) is 10.6. The van der Waals surface area contributed by atoms with Crippen molar-refractivity contribution in [2.24, 2.45) is 5.73 Å². The highest BCUT2D eigenvalue weighted by atomic mass is 35.5. The zero-order valence-electron chi connectivity index (χ0n) is 9.36. The van der Waals surface area contributed by atoms with Crippen molar-refractivity contribution < 1.29 is 4.79 Å². The van der Waals surface area contributed by atoms with Crippen LogP contribution in [-0.2, 0) is 4.79 Å². The van der Waals surface area contributed by atoms with E-state index in [4.69, 9.17) is 5.73 Å². The average Bonchev–Trinajstić information content (AvgIpc) is 2.16. The maximum Gasteiger partial charge on any atom is 0.233 e.